The van der Waals surface area contributed by atoms with Crippen molar-refractivity contribution in [3.8, 4) is 0 Å². The monoisotopic (exact) mass is 328 g/mol. The van der Waals surface area contributed by atoms with Gasteiger partial charge in [-0.15, -0.1) is 0 Å². The lowest BCUT2D eigenvalue weighted by atomic mass is 10.1. The number of benzene rings is 1. The third-order valence-corrected chi connectivity index (χ3v) is 3.54. The lowest BCUT2D eigenvalue weighted by Gasteiger charge is -2.16. The van der Waals surface area contributed by atoms with Crippen LogP contribution in [0.3, 0.4) is 0 Å². The summed E-state index contributed by atoms with van der Waals surface area (Å²) in [5.41, 5.74) is 1.57. The number of halogens is 1. The number of hydrogen-bond acceptors (Lipinski definition) is 3. The highest BCUT2D eigenvalue weighted by atomic mass is 79.9. The van der Waals surface area contributed by atoms with Gasteiger partial charge in [-0.05, 0) is 37.0 Å². The van der Waals surface area contributed by atoms with Crippen molar-refractivity contribution in [3.05, 3.63) is 33.8 Å². The Morgan fingerprint density at radius 1 is 1.32 bits per heavy atom. The number of esters is 1. The second-order valence-corrected chi connectivity index (χ2v) is 5.90. The molecule has 1 aromatic carbocycles. The molecule has 1 aromatic rings. The SMILES string of the molecule is COC(=O)c1ccc(COC(C)CC(C)C)c(Br)c1. The number of hydrogen-bond donors (Lipinski definition) is 0. The molecular weight excluding hydrogens is 308 g/mol. The highest BCUT2D eigenvalue weighted by Gasteiger charge is 2.10. The second-order valence-electron chi connectivity index (χ2n) is 5.05. The molecule has 19 heavy (non-hydrogen) atoms. The first-order valence-electron chi connectivity index (χ1n) is 6.42. The molecule has 0 N–H and O–H groups in total. The molecule has 4 heteroatoms. The molecule has 1 rings (SSSR count). The van der Waals surface area contributed by atoms with Crippen molar-refractivity contribution in [3.63, 3.8) is 0 Å². The lowest BCUT2D eigenvalue weighted by Crippen LogP contribution is -2.11. The zero-order valence-electron chi connectivity index (χ0n) is 11.9. The molecule has 0 bridgehead atoms. The van der Waals surface area contributed by atoms with Gasteiger partial charge in [0, 0.05) is 4.47 Å². The van der Waals surface area contributed by atoms with E-state index in [1.54, 1.807) is 12.1 Å². The molecular formula is C15H21BrO3. The van der Waals surface area contributed by atoms with E-state index < -0.39 is 0 Å². The van der Waals surface area contributed by atoms with E-state index in [4.69, 9.17) is 4.74 Å². The number of carbonyl (C=O) groups is 1. The molecule has 0 fully saturated rings. The van der Waals surface area contributed by atoms with Gasteiger partial charge in [-0.1, -0.05) is 35.8 Å². The van der Waals surface area contributed by atoms with Gasteiger partial charge in [-0.3, -0.25) is 0 Å². The normalized spacial score (nSPS) is 12.5. The molecule has 106 valence electrons. The number of ether oxygens (including phenoxy) is 2. The topological polar surface area (TPSA) is 35.5 Å². The summed E-state index contributed by atoms with van der Waals surface area (Å²) in [4.78, 5) is 11.4. The standard InChI is InChI=1S/C15H21BrO3/c1-10(2)7-11(3)19-9-13-6-5-12(8-14(13)16)15(17)18-4/h5-6,8,10-11H,7,9H2,1-4H3. The Morgan fingerprint density at radius 3 is 2.53 bits per heavy atom. The maximum absolute atomic E-state index is 11.4. The number of rotatable bonds is 6. The Kier molecular flexibility index (Phi) is 6.52. The molecule has 1 unspecified atom stereocenters. The van der Waals surface area contributed by atoms with Crippen LogP contribution >= 0.6 is 15.9 Å². The highest BCUT2D eigenvalue weighted by molar-refractivity contribution is 9.10. The van der Waals surface area contributed by atoms with Crippen LogP contribution in [0.4, 0.5) is 0 Å². The van der Waals surface area contributed by atoms with Gasteiger partial charge in [0.25, 0.3) is 0 Å². The summed E-state index contributed by atoms with van der Waals surface area (Å²) in [6.45, 7) is 6.98. The number of methoxy groups -OCH3 is 1. The fourth-order valence-corrected chi connectivity index (χ4v) is 2.37. The van der Waals surface area contributed by atoms with Crippen molar-refractivity contribution in [1.82, 2.24) is 0 Å². The predicted octanol–water partition coefficient (Wildman–Crippen LogP) is 4.19. The minimum absolute atomic E-state index is 0.229. The van der Waals surface area contributed by atoms with E-state index in [2.05, 4.69) is 41.4 Å². The first-order valence-corrected chi connectivity index (χ1v) is 7.21. The van der Waals surface area contributed by atoms with Crippen molar-refractivity contribution in [2.45, 2.75) is 39.9 Å². The molecule has 0 spiro atoms. The van der Waals surface area contributed by atoms with Crippen molar-refractivity contribution in [2.75, 3.05) is 7.11 Å². The van der Waals surface area contributed by atoms with Crippen molar-refractivity contribution in [2.24, 2.45) is 5.92 Å². The molecule has 0 heterocycles. The van der Waals surface area contributed by atoms with Crippen LogP contribution in [0.15, 0.2) is 22.7 Å². The molecule has 0 amide bonds. The zero-order valence-corrected chi connectivity index (χ0v) is 13.5. The summed E-state index contributed by atoms with van der Waals surface area (Å²) in [5, 5.41) is 0. The highest BCUT2D eigenvalue weighted by Crippen LogP contribution is 2.21. The fourth-order valence-electron chi connectivity index (χ4n) is 1.87. The summed E-state index contributed by atoms with van der Waals surface area (Å²) < 4.78 is 11.3. The molecule has 0 saturated carbocycles. The summed E-state index contributed by atoms with van der Waals surface area (Å²) in [5.74, 6) is 0.293. The molecule has 0 aromatic heterocycles. The van der Waals surface area contributed by atoms with Gasteiger partial charge in [0.1, 0.15) is 0 Å². The lowest BCUT2D eigenvalue weighted by molar-refractivity contribution is 0.0393. The maximum Gasteiger partial charge on any atom is 0.337 e. The Hall–Kier alpha value is -0.870. The first-order chi connectivity index (χ1) is 8.93. The third-order valence-electron chi connectivity index (χ3n) is 2.80. The molecule has 0 aliphatic heterocycles. The van der Waals surface area contributed by atoms with Crippen LogP contribution < -0.4 is 0 Å². The van der Waals surface area contributed by atoms with Gasteiger partial charge >= 0.3 is 5.97 Å². The van der Waals surface area contributed by atoms with Gasteiger partial charge in [-0.2, -0.15) is 0 Å². The van der Waals surface area contributed by atoms with Crippen LogP contribution in [0.5, 0.6) is 0 Å². The molecule has 3 nitrogen and oxygen atoms in total. The van der Waals surface area contributed by atoms with Crippen LogP contribution in [-0.4, -0.2) is 19.2 Å². The Labute approximate surface area is 123 Å². The van der Waals surface area contributed by atoms with Gasteiger partial charge in [-0.25, -0.2) is 4.79 Å². The number of carbonyl (C=O) groups excluding carboxylic acids is 1. The van der Waals surface area contributed by atoms with Crippen LogP contribution in [-0.2, 0) is 16.1 Å². The summed E-state index contributed by atoms with van der Waals surface area (Å²) in [6, 6.07) is 5.40. The van der Waals surface area contributed by atoms with Crippen LogP contribution in [0.2, 0.25) is 0 Å². The van der Waals surface area contributed by atoms with Gasteiger partial charge in [0.05, 0.1) is 25.4 Å². The van der Waals surface area contributed by atoms with Crippen molar-refractivity contribution < 1.29 is 14.3 Å². The van der Waals surface area contributed by atoms with E-state index in [1.807, 2.05) is 6.07 Å². The van der Waals surface area contributed by atoms with Crippen LogP contribution in [0.1, 0.15) is 43.1 Å². The smallest absolute Gasteiger partial charge is 0.337 e. The zero-order chi connectivity index (χ0) is 14.4. The Bertz CT molecular complexity index is 429. The Morgan fingerprint density at radius 2 is 2.00 bits per heavy atom. The van der Waals surface area contributed by atoms with E-state index in [-0.39, 0.29) is 12.1 Å². The minimum atomic E-state index is -0.332. The molecule has 1 atom stereocenters. The summed E-state index contributed by atoms with van der Waals surface area (Å²) in [6.07, 6.45) is 1.27. The van der Waals surface area contributed by atoms with E-state index in [1.165, 1.54) is 7.11 Å². The quantitative estimate of drug-likeness (QED) is 0.734. The minimum Gasteiger partial charge on any atom is -0.465 e. The van der Waals surface area contributed by atoms with Crippen molar-refractivity contribution >= 4 is 21.9 Å². The average molecular weight is 329 g/mol. The van der Waals surface area contributed by atoms with Crippen molar-refractivity contribution in [1.29, 1.82) is 0 Å². The second kappa shape index (κ2) is 7.65. The molecule has 0 radical (unpaired) electrons. The van der Waals surface area contributed by atoms with Crippen LogP contribution in [0, 0.1) is 5.92 Å². The summed E-state index contributed by atoms with van der Waals surface area (Å²) in [7, 11) is 1.38. The van der Waals surface area contributed by atoms with Gasteiger partial charge in [0.2, 0.25) is 0 Å². The molecule has 0 saturated heterocycles. The summed E-state index contributed by atoms with van der Waals surface area (Å²) >= 11 is 3.46. The molecule has 0 aliphatic rings. The van der Waals surface area contributed by atoms with E-state index in [0.717, 1.165) is 16.5 Å². The first kappa shape index (κ1) is 16.2. The predicted molar refractivity (Wildman–Crippen MR) is 79.2 cm³/mol. The maximum atomic E-state index is 11.4. The Balaban J connectivity index is 2.62. The average Bonchev–Trinajstić information content (AvgIpc) is 2.35. The van der Waals surface area contributed by atoms with Gasteiger partial charge in [0.15, 0.2) is 0 Å². The van der Waals surface area contributed by atoms with E-state index >= 15 is 0 Å². The molecule has 0 aliphatic carbocycles. The largest absolute Gasteiger partial charge is 0.465 e. The van der Waals surface area contributed by atoms with Gasteiger partial charge < -0.3 is 9.47 Å². The van der Waals surface area contributed by atoms with E-state index in [0.29, 0.717) is 18.1 Å². The third kappa shape index (κ3) is 5.33. The fraction of sp³-hybridized carbons (Fsp3) is 0.533. The van der Waals surface area contributed by atoms with Crippen LogP contribution in [0.25, 0.3) is 0 Å². The van der Waals surface area contributed by atoms with E-state index in [9.17, 15) is 4.79 Å².